The molecule has 2 aromatic carbocycles. The molecule has 0 atom stereocenters. The van der Waals surface area contributed by atoms with Crippen LogP contribution in [0.15, 0.2) is 78.0 Å². The zero-order chi connectivity index (χ0) is 17.0. The van der Waals surface area contributed by atoms with Gasteiger partial charge in [-0.05, 0) is 30.3 Å². The number of nitrogens with zero attached hydrogens (tertiary/aromatic N) is 2. The summed E-state index contributed by atoms with van der Waals surface area (Å²) >= 11 is 0. The van der Waals surface area contributed by atoms with Gasteiger partial charge in [0.1, 0.15) is 0 Å². The van der Waals surface area contributed by atoms with E-state index in [1.165, 1.54) is 36.7 Å². The molecule has 0 amide bonds. The number of anilines is 1. The van der Waals surface area contributed by atoms with E-state index in [9.17, 15) is 13.2 Å². The Morgan fingerprint density at radius 1 is 0.833 bits per heavy atom. The van der Waals surface area contributed by atoms with Crippen molar-refractivity contribution in [1.29, 1.82) is 0 Å². The van der Waals surface area contributed by atoms with Crippen LogP contribution in [0.3, 0.4) is 0 Å². The summed E-state index contributed by atoms with van der Waals surface area (Å²) in [6, 6.07) is 15.9. The van der Waals surface area contributed by atoms with Crippen LogP contribution in [0.2, 0.25) is 0 Å². The van der Waals surface area contributed by atoms with Crippen LogP contribution in [0.1, 0.15) is 16.2 Å². The van der Waals surface area contributed by atoms with Crippen LogP contribution in [0.25, 0.3) is 0 Å². The first-order chi connectivity index (χ1) is 11.6. The van der Waals surface area contributed by atoms with Crippen LogP contribution >= 0.6 is 0 Å². The van der Waals surface area contributed by atoms with E-state index < -0.39 is 15.8 Å². The number of carbonyl (C=O) groups is 1. The van der Waals surface area contributed by atoms with E-state index >= 15 is 0 Å². The van der Waals surface area contributed by atoms with E-state index in [0.717, 1.165) is 0 Å². The fraction of sp³-hybridized carbons (Fsp3) is 0. The quantitative estimate of drug-likeness (QED) is 0.722. The molecule has 0 spiro atoms. The minimum absolute atomic E-state index is 0.00357. The standard InChI is InChI=1S/C17H13N3O3S/c21-16(17-18-11-6-12-19-17)14-9-4-5-10-15(14)20-24(22,23)13-7-2-1-3-8-13/h1-12,20H. The molecule has 0 bridgehead atoms. The van der Waals surface area contributed by atoms with Crippen LogP contribution in [-0.2, 0) is 10.0 Å². The highest BCUT2D eigenvalue weighted by Crippen LogP contribution is 2.21. The lowest BCUT2D eigenvalue weighted by molar-refractivity contribution is 0.103. The van der Waals surface area contributed by atoms with Gasteiger partial charge in [0.25, 0.3) is 10.0 Å². The highest BCUT2D eigenvalue weighted by molar-refractivity contribution is 7.92. The second-order valence-corrected chi connectivity index (χ2v) is 6.55. The Hall–Kier alpha value is -3.06. The number of ketones is 1. The Bertz CT molecular complexity index is 959. The molecule has 0 saturated carbocycles. The van der Waals surface area contributed by atoms with Gasteiger partial charge in [0.2, 0.25) is 11.6 Å². The van der Waals surface area contributed by atoms with Crippen molar-refractivity contribution in [2.75, 3.05) is 4.72 Å². The predicted octanol–water partition coefficient (Wildman–Crippen LogP) is 2.51. The second kappa shape index (κ2) is 6.59. The lowest BCUT2D eigenvalue weighted by atomic mass is 10.1. The predicted molar refractivity (Wildman–Crippen MR) is 89.2 cm³/mol. The molecule has 7 heteroatoms. The molecule has 0 unspecified atom stereocenters. The number of para-hydroxylation sites is 1. The Morgan fingerprint density at radius 2 is 1.46 bits per heavy atom. The number of nitrogens with one attached hydrogen (secondary N) is 1. The van der Waals surface area contributed by atoms with E-state index in [-0.39, 0.29) is 22.0 Å². The summed E-state index contributed by atoms with van der Waals surface area (Å²) in [4.78, 5) is 20.5. The van der Waals surface area contributed by atoms with Gasteiger partial charge in [0.05, 0.1) is 16.1 Å². The monoisotopic (exact) mass is 339 g/mol. The van der Waals surface area contributed by atoms with Crippen molar-refractivity contribution in [2.24, 2.45) is 0 Å². The number of aromatic nitrogens is 2. The van der Waals surface area contributed by atoms with Gasteiger partial charge in [-0.2, -0.15) is 0 Å². The number of hydrogen-bond donors (Lipinski definition) is 1. The molecule has 24 heavy (non-hydrogen) atoms. The van der Waals surface area contributed by atoms with E-state index in [1.807, 2.05) is 0 Å². The molecule has 6 nitrogen and oxygen atoms in total. The molecular formula is C17H13N3O3S. The van der Waals surface area contributed by atoms with Crippen LogP contribution in [0, 0.1) is 0 Å². The van der Waals surface area contributed by atoms with E-state index in [0.29, 0.717) is 0 Å². The smallest absolute Gasteiger partial charge is 0.261 e. The van der Waals surface area contributed by atoms with Crippen molar-refractivity contribution >= 4 is 21.5 Å². The fourth-order valence-electron chi connectivity index (χ4n) is 2.11. The zero-order valence-electron chi connectivity index (χ0n) is 12.5. The Balaban J connectivity index is 1.97. The Morgan fingerprint density at radius 3 is 2.17 bits per heavy atom. The van der Waals surface area contributed by atoms with Crippen LogP contribution in [0.5, 0.6) is 0 Å². The molecule has 120 valence electrons. The van der Waals surface area contributed by atoms with Crippen molar-refractivity contribution in [2.45, 2.75) is 4.90 Å². The van der Waals surface area contributed by atoms with Crippen LogP contribution < -0.4 is 4.72 Å². The summed E-state index contributed by atoms with van der Waals surface area (Å²) in [6.07, 6.45) is 2.91. The van der Waals surface area contributed by atoms with E-state index in [4.69, 9.17) is 0 Å². The second-order valence-electron chi connectivity index (χ2n) is 4.87. The Kier molecular flexibility index (Phi) is 4.35. The average molecular weight is 339 g/mol. The molecule has 0 aliphatic rings. The molecular weight excluding hydrogens is 326 g/mol. The van der Waals surface area contributed by atoms with Gasteiger partial charge >= 0.3 is 0 Å². The molecule has 0 radical (unpaired) electrons. The summed E-state index contributed by atoms with van der Waals surface area (Å²) in [5, 5.41) is 0. The number of carbonyl (C=O) groups excluding carboxylic acids is 1. The van der Waals surface area contributed by atoms with Crippen molar-refractivity contribution in [3.8, 4) is 0 Å². The zero-order valence-corrected chi connectivity index (χ0v) is 13.3. The summed E-state index contributed by atoms with van der Waals surface area (Å²) in [6.45, 7) is 0. The Labute approximate surface area is 139 Å². The van der Waals surface area contributed by atoms with Gasteiger partial charge in [0, 0.05) is 12.4 Å². The number of sulfonamides is 1. The first-order valence-corrected chi connectivity index (χ1v) is 8.55. The molecule has 0 fully saturated rings. The maximum absolute atomic E-state index is 12.5. The molecule has 1 heterocycles. The van der Waals surface area contributed by atoms with E-state index in [2.05, 4.69) is 14.7 Å². The van der Waals surface area contributed by atoms with Gasteiger partial charge in [-0.3, -0.25) is 9.52 Å². The van der Waals surface area contributed by atoms with Crippen molar-refractivity contribution in [3.05, 3.63) is 84.4 Å². The topological polar surface area (TPSA) is 89.0 Å². The third-order valence-corrected chi connectivity index (χ3v) is 4.62. The average Bonchev–Trinajstić information content (AvgIpc) is 2.63. The highest BCUT2D eigenvalue weighted by Gasteiger charge is 2.20. The first-order valence-electron chi connectivity index (χ1n) is 7.06. The maximum atomic E-state index is 12.5. The van der Waals surface area contributed by atoms with Gasteiger partial charge < -0.3 is 0 Å². The number of hydrogen-bond acceptors (Lipinski definition) is 5. The molecule has 0 saturated heterocycles. The van der Waals surface area contributed by atoms with Gasteiger partial charge in [-0.1, -0.05) is 30.3 Å². The van der Waals surface area contributed by atoms with Crippen molar-refractivity contribution in [1.82, 2.24) is 9.97 Å². The largest absolute Gasteiger partial charge is 0.285 e. The maximum Gasteiger partial charge on any atom is 0.261 e. The summed E-state index contributed by atoms with van der Waals surface area (Å²) in [5.41, 5.74) is 0.363. The minimum atomic E-state index is -3.79. The SMILES string of the molecule is O=C(c1ncccn1)c1ccccc1NS(=O)(=O)c1ccccc1. The van der Waals surface area contributed by atoms with Crippen molar-refractivity contribution in [3.63, 3.8) is 0 Å². The van der Waals surface area contributed by atoms with Crippen LogP contribution in [-0.4, -0.2) is 24.2 Å². The molecule has 0 aliphatic carbocycles. The molecule has 0 aliphatic heterocycles. The molecule has 3 aromatic rings. The lowest BCUT2D eigenvalue weighted by Crippen LogP contribution is -2.16. The third kappa shape index (κ3) is 3.31. The van der Waals surface area contributed by atoms with Crippen LogP contribution in [0.4, 0.5) is 5.69 Å². The van der Waals surface area contributed by atoms with Gasteiger partial charge in [-0.25, -0.2) is 18.4 Å². The van der Waals surface area contributed by atoms with Gasteiger partial charge in [-0.15, -0.1) is 0 Å². The molecule has 3 rings (SSSR count). The minimum Gasteiger partial charge on any atom is -0.285 e. The number of rotatable bonds is 5. The fourth-order valence-corrected chi connectivity index (χ4v) is 3.21. The summed E-state index contributed by atoms with van der Waals surface area (Å²) in [7, 11) is -3.79. The van der Waals surface area contributed by atoms with E-state index in [1.54, 1.807) is 36.4 Å². The highest BCUT2D eigenvalue weighted by atomic mass is 32.2. The first kappa shape index (κ1) is 15.8. The lowest BCUT2D eigenvalue weighted by Gasteiger charge is -2.11. The third-order valence-electron chi connectivity index (χ3n) is 3.24. The number of benzene rings is 2. The van der Waals surface area contributed by atoms with Gasteiger partial charge in [0.15, 0.2) is 0 Å². The van der Waals surface area contributed by atoms with Crippen molar-refractivity contribution < 1.29 is 13.2 Å². The molecule has 1 N–H and O–H groups in total. The molecule has 1 aromatic heterocycles. The summed E-state index contributed by atoms with van der Waals surface area (Å²) < 4.78 is 27.4. The normalized spacial score (nSPS) is 11.0. The summed E-state index contributed by atoms with van der Waals surface area (Å²) in [5.74, 6) is -0.453.